The predicted molar refractivity (Wildman–Crippen MR) is 94.9 cm³/mol. The summed E-state index contributed by atoms with van der Waals surface area (Å²) in [7, 11) is 0. The molecule has 2 aromatic carbocycles. The maximum atomic E-state index is 12.3. The number of likely N-dealkylation sites (tertiary alicyclic amines) is 1. The maximum Gasteiger partial charge on any atom is 0.243 e. The fraction of sp³-hybridized carbons (Fsp3) is 0.300. The molecule has 2 aromatic rings. The van der Waals surface area contributed by atoms with E-state index in [1.54, 1.807) is 4.90 Å². The summed E-state index contributed by atoms with van der Waals surface area (Å²) in [5, 5.41) is 2.89. The Morgan fingerprint density at radius 2 is 1.79 bits per heavy atom. The molecule has 1 aliphatic rings. The lowest BCUT2D eigenvalue weighted by Crippen LogP contribution is -2.34. The molecule has 1 fully saturated rings. The van der Waals surface area contributed by atoms with Crippen molar-refractivity contribution in [1.29, 1.82) is 0 Å². The lowest BCUT2D eigenvalue weighted by Gasteiger charge is -2.17. The summed E-state index contributed by atoms with van der Waals surface area (Å²) < 4.78 is 0. The van der Waals surface area contributed by atoms with Crippen LogP contribution in [0, 0.1) is 13.8 Å². The smallest absolute Gasteiger partial charge is 0.243 e. The van der Waals surface area contributed by atoms with Gasteiger partial charge in [0.05, 0.1) is 6.54 Å². The Hall–Kier alpha value is -2.62. The number of amides is 2. The lowest BCUT2D eigenvalue weighted by atomic mass is 9.99. The lowest BCUT2D eigenvalue weighted by molar-refractivity contribution is -0.131. The van der Waals surface area contributed by atoms with Gasteiger partial charge in [-0.3, -0.25) is 9.59 Å². The van der Waals surface area contributed by atoms with Gasteiger partial charge in [-0.2, -0.15) is 0 Å². The molecule has 0 unspecified atom stereocenters. The number of carbonyl (C=O) groups excluding carboxylic acids is 2. The molecule has 124 valence electrons. The van der Waals surface area contributed by atoms with Crippen molar-refractivity contribution >= 4 is 17.5 Å². The minimum absolute atomic E-state index is 0.0411. The molecule has 1 aliphatic heterocycles. The minimum atomic E-state index is -0.151. The zero-order chi connectivity index (χ0) is 17.1. The number of aryl methyl sites for hydroxylation is 2. The largest absolute Gasteiger partial charge is 0.333 e. The van der Waals surface area contributed by atoms with Crippen LogP contribution in [0.5, 0.6) is 0 Å². The zero-order valence-corrected chi connectivity index (χ0v) is 14.1. The molecule has 0 aliphatic carbocycles. The third-order valence-corrected chi connectivity index (χ3v) is 4.33. The van der Waals surface area contributed by atoms with Gasteiger partial charge in [0.1, 0.15) is 0 Å². The third kappa shape index (κ3) is 3.82. The molecular formula is C20H22N2O2. The van der Waals surface area contributed by atoms with Crippen molar-refractivity contribution in [1.82, 2.24) is 4.90 Å². The first kappa shape index (κ1) is 16.2. The van der Waals surface area contributed by atoms with Crippen molar-refractivity contribution < 1.29 is 9.59 Å². The van der Waals surface area contributed by atoms with Crippen LogP contribution in [0.4, 0.5) is 5.69 Å². The summed E-state index contributed by atoms with van der Waals surface area (Å²) in [6.45, 7) is 4.70. The summed E-state index contributed by atoms with van der Waals surface area (Å²) in [5.74, 6) is 0.0641. The van der Waals surface area contributed by atoms with Gasteiger partial charge in [0.2, 0.25) is 11.8 Å². The van der Waals surface area contributed by atoms with Gasteiger partial charge in [-0.1, -0.05) is 36.4 Å². The molecule has 4 nitrogen and oxygen atoms in total. The standard InChI is InChI=1S/C20H22N2O2/c1-14-8-15(2)10-18(9-14)21-19(23)13-22-12-17(11-20(22)24)16-6-4-3-5-7-16/h3-10,17H,11-13H2,1-2H3,(H,21,23)/t17-/m0/s1. The molecular weight excluding hydrogens is 300 g/mol. The number of hydrogen-bond acceptors (Lipinski definition) is 2. The number of carbonyl (C=O) groups is 2. The summed E-state index contributed by atoms with van der Waals surface area (Å²) >= 11 is 0. The first-order chi connectivity index (χ1) is 11.5. The molecule has 0 aromatic heterocycles. The number of anilines is 1. The van der Waals surface area contributed by atoms with Gasteiger partial charge in [0.15, 0.2) is 0 Å². The molecule has 0 radical (unpaired) electrons. The highest BCUT2D eigenvalue weighted by molar-refractivity contribution is 5.95. The van der Waals surface area contributed by atoms with E-state index < -0.39 is 0 Å². The van der Waals surface area contributed by atoms with Crippen molar-refractivity contribution in [2.45, 2.75) is 26.2 Å². The van der Waals surface area contributed by atoms with E-state index in [1.165, 1.54) is 0 Å². The maximum absolute atomic E-state index is 12.3. The number of nitrogens with zero attached hydrogens (tertiary/aromatic N) is 1. The highest BCUT2D eigenvalue weighted by Gasteiger charge is 2.31. The van der Waals surface area contributed by atoms with Crippen LogP contribution < -0.4 is 5.32 Å². The molecule has 2 amide bonds. The molecule has 1 N–H and O–H groups in total. The van der Waals surface area contributed by atoms with Gasteiger partial charge < -0.3 is 10.2 Å². The van der Waals surface area contributed by atoms with Crippen LogP contribution in [0.3, 0.4) is 0 Å². The fourth-order valence-corrected chi connectivity index (χ4v) is 3.29. The van der Waals surface area contributed by atoms with Crippen molar-refractivity contribution in [2.75, 3.05) is 18.4 Å². The molecule has 0 bridgehead atoms. The number of benzene rings is 2. The Bertz CT molecular complexity index is 735. The van der Waals surface area contributed by atoms with Crippen LogP contribution in [0.25, 0.3) is 0 Å². The summed E-state index contributed by atoms with van der Waals surface area (Å²) in [4.78, 5) is 26.1. The van der Waals surface area contributed by atoms with Crippen LogP contribution in [0.15, 0.2) is 48.5 Å². The van der Waals surface area contributed by atoms with Gasteiger partial charge in [0, 0.05) is 24.6 Å². The fourth-order valence-electron chi connectivity index (χ4n) is 3.29. The highest BCUT2D eigenvalue weighted by atomic mass is 16.2. The van der Waals surface area contributed by atoms with E-state index in [-0.39, 0.29) is 24.3 Å². The highest BCUT2D eigenvalue weighted by Crippen LogP contribution is 2.27. The second kappa shape index (κ2) is 6.87. The predicted octanol–water partition coefficient (Wildman–Crippen LogP) is 3.26. The van der Waals surface area contributed by atoms with E-state index in [0.717, 1.165) is 22.4 Å². The van der Waals surface area contributed by atoms with Crippen molar-refractivity contribution in [2.24, 2.45) is 0 Å². The average Bonchev–Trinajstić information content (AvgIpc) is 2.88. The molecule has 1 saturated heterocycles. The van der Waals surface area contributed by atoms with Gasteiger partial charge in [-0.05, 0) is 42.7 Å². The van der Waals surface area contributed by atoms with Gasteiger partial charge in [-0.25, -0.2) is 0 Å². The molecule has 0 saturated carbocycles. The molecule has 24 heavy (non-hydrogen) atoms. The quantitative estimate of drug-likeness (QED) is 0.939. The second-order valence-electron chi connectivity index (χ2n) is 6.51. The normalized spacial score (nSPS) is 17.2. The van der Waals surface area contributed by atoms with E-state index in [4.69, 9.17) is 0 Å². The first-order valence-electron chi connectivity index (χ1n) is 8.22. The Kier molecular flexibility index (Phi) is 4.65. The van der Waals surface area contributed by atoms with E-state index in [9.17, 15) is 9.59 Å². The van der Waals surface area contributed by atoms with Crippen LogP contribution >= 0.6 is 0 Å². The van der Waals surface area contributed by atoms with E-state index >= 15 is 0 Å². The monoisotopic (exact) mass is 322 g/mol. The Morgan fingerprint density at radius 1 is 1.12 bits per heavy atom. The average molecular weight is 322 g/mol. The molecule has 1 heterocycles. The van der Waals surface area contributed by atoms with Crippen LogP contribution in [0.2, 0.25) is 0 Å². The summed E-state index contributed by atoms with van der Waals surface area (Å²) in [6.07, 6.45) is 0.473. The minimum Gasteiger partial charge on any atom is -0.333 e. The number of nitrogens with one attached hydrogen (secondary N) is 1. The Labute approximate surface area is 142 Å². The number of rotatable bonds is 4. The second-order valence-corrected chi connectivity index (χ2v) is 6.51. The zero-order valence-electron chi connectivity index (χ0n) is 14.1. The Balaban J connectivity index is 1.61. The van der Waals surface area contributed by atoms with Crippen molar-refractivity contribution in [3.05, 3.63) is 65.2 Å². The van der Waals surface area contributed by atoms with Crippen LogP contribution in [0.1, 0.15) is 29.0 Å². The van der Waals surface area contributed by atoms with Crippen molar-refractivity contribution in [3.63, 3.8) is 0 Å². The summed E-state index contributed by atoms with van der Waals surface area (Å²) in [6, 6.07) is 15.9. The SMILES string of the molecule is Cc1cc(C)cc(NC(=O)CN2C[C@@H](c3ccccc3)CC2=O)c1. The number of hydrogen-bond donors (Lipinski definition) is 1. The molecule has 3 rings (SSSR count). The Morgan fingerprint density at radius 3 is 2.46 bits per heavy atom. The van der Waals surface area contributed by atoms with E-state index in [0.29, 0.717) is 13.0 Å². The van der Waals surface area contributed by atoms with Gasteiger partial charge in [0.25, 0.3) is 0 Å². The van der Waals surface area contributed by atoms with Gasteiger partial charge >= 0.3 is 0 Å². The molecule has 4 heteroatoms. The van der Waals surface area contributed by atoms with E-state index in [2.05, 4.69) is 11.4 Å². The van der Waals surface area contributed by atoms with Crippen molar-refractivity contribution in [3.8, 4) is 0 Å². The first-order valence-corrected chi connectivity index (χ1v) is 8.22. The molecule has 1 atom stereocenters. The van der Waals surface area contributed by atoms with Crippen LogP contribution in [-0.4, -0.2) is 29.8 Å². The molecule has 0 spiro atoms. The van der Waals surface area contributed by atoms with E-state index in [1.807, 2.05) is 56.3 Å². The van der Waals surface area contributed by atoms with Gasteiger partial charge in [-0.15, -0.1) is 0 Å². The summed E-state index contributed by atoms with van der Waals surface area (Å²) in [5.41, 5.74) is 4.14. The van der Waals surface area contributed by atoms with Crippen LogP contribution in [-0.2, 0) is 9.59 Å². The third-order valence-electron chi connectivity index (χ3n) is 4.33. The topological polar surface area (TPSA) is 49.4 Å².